The van der Waals surface area contributed by atoms with Crippen LogP contribution in [0.15, 0.2) is 18.2 Å². The van der Waals surface area contributed by atoms with E-state index in [9.17, 15) is 9.90 Å². The molecular weight excluding hydrogens is 222 g/mol. The fourth-order valence-corrected chi connectivity index (χ4v) is 1.33. The second-order valence-electron chi connectivity index (χ2n) is 4.75. The molecule has 17 heavy (non-hydrogen) atoms. The first-order chi connectivity index (χ1) is 7.70. The molecule has 0 bridgehead atoms. The monoisotopic (exact) mass is 239 g/mol. The second-order valence-corrected chi connectivity index (χ2v) is 4.75. The van der Waals surface area contributed by atoms with Crippen LogP contribution in [0.1, 0.15) is 32.4 Å². The minimum Gasteiger partial charge on any atom is -0.508 e. The Labute approximate surface area is 99.8 Å². The minimum absolute atomic E-state index is 0.138. The lowest BCUT2D eigenvalue weighted by molar-refractivity contribution is -0.138. The summed E-state index contributed by atoms with van der Waals surface area (Å²) in [7, 11) is 0. The Hall–Kier alpha value is -1.75. The Morgan fingerprint density at radius 3 is 2.47 bits per heavy atom. The van der Waals surface area contributed by atoms with Gasteiger partial charge in [-0.3, -0.25) is 4.79 Å². The van der Waals surface area contributed by atoms with Gasteiger partial charge in [-0.2, -0.15) is 0 Å². The van der Waals surface area contributed by atoms with Gasteiger partial charge in [-0.1, -0.05) is 0 Å². The largest absolute Gasteiger partial charge is 0.508 e. The second kappa shape index (κ2) is 4.63. The van der Waals surface area contributed by atoms with Crippen LogP contribution in [0.2, 0.25) is 0 Å². The van der Waals surface area contributed by atoms with Gasteiger partial charge in [0.05, 0.1) is 0 Å². The van der Waals surface area contributed by atoms with Gasteiger partial charge in [-0.05, 0) is 39.0 Å². The van der Waals surface area contributed by atoms with Gasteiger partial charge < -0.3 is 20.7 Å². The quantitative estimate of drug-likeness (QED) is 0.745. The number of hydrogen-bond donors (Lipinski definition) is 3. The van der Waals surface area contributed by atoms with E-state index < -0.39 is 17.6 Å². The van der Waals surface area contributed by atoms with Gasteiger partial charge in [-0.15, -0.1) is 0 Å². The van der Waals surface area contributed by atoms with Crippen LogP contribution in [-0.2, 0) is 4.79 Å². The van der Waals surface area contributed by atoms with E-state index >= 15 is 0 Å². The SMILES string of the molecule is CC(C)(C)Oc1ccc(O)c([C@H](N)C(=O)O)c1. The van der Waals surface area contributed by atoms with E-state index in [-0.39, 0.29) is 11.3 Å². The zero-order chi connectivity index (χ0) is 13.2. The van der Waals surface area contributed by atoms with Crippen molar-refractivity contribution in [1.29, 1.82) is 0 Å². The van der Waals surface area contributed by atoms with Crippen molar-refractivity contribution in [2.24, 2.45) is 5.73 Å². The maximum absolute atomic E-state index is 10.8. The number of ether oxygens (including phenoxy) is 1. The van der Waals surface area contributed by atoms with Gasteiger partial charge in [0.15, 0.2) is 0 Å². The van der Waals surface area contributed by atoms with Crippen LogP contribution in [0, 0.1) is 0 Å². The molecule has 0 radical (unpaired) electrons. The molecule has 0 saturated carbocycles. The van der Waals surface area contributed by atoms with E-state index in [4.69, 9.17) is 15.6 Å². The summed E-state index contributed by atoms with van der Waals surface area (Å²) in [5.41, 5.74) is 5.19. The van der Waals surface area contributed by atoms with Gasteiger partial charge in [0.1, 0.15) is 23.1 Å². The topological polar surface area (TPSA) is 92.8 Å². The highest BCUT2D eigenvalue weighted by atomic mass is 16.5. The highest BCUT2D eigenvalue weighted by Crippen LogP contribution is 2.29. The number of rotatable bonds is 3. The first kappa shape index (κ1) is 13.3. The minimum atomic E-state index is -1.27. The number of phenolic OH excluding ortho intramolecular Hbond substituents is 1. The molecule has 1 aromatic rings. The van der Waals surface area contributed by atoms with Crippen LogP contribution in [0.4, 0.5) is 0 Å². The molecule has 5 nitrogen and oxygen atoms in total. The number of aliphatic carboxylic acids is 1. The highest BCUT2D eigenvalue weighted by Gasteiger charge is 2.20. The number of phenols is 1. The summed E-state index contributed by atoms with van der Waals surface area (Å²) in [6, 6.07) is 3.12. The molecule has 0 aliphatic carbocycles. The first-order valence-corrected chi connectivity index (χ1v) is 5.21. The van der Waals surface area contributed by atoms with Crippen molar-refractivity contribution in [3.8, 4) is 11.5 Å². The number of carboxylic acids is 1. The van der Waals surface area contributed by atoms with Crippen LogP contribution < -0.4 is 10.5 Å². The summed E-state index contributed by atoms with van der Waals surface area (Å²) in [5, 5.41) is 18.4. The normalized spacial score (nSPS) is 13.2. The van der Waals surface area contributed by atoms with Crippen molar-refractivity contribution in [2.75, 3.05) is 0 Å². The van der Waals surface area contributed by atoms with Gasteiger partial charge in [0, 0.05) is 5.56 Å². The van der Waals surface area contributed by atoms with Crippen molar-refractivity contribution in [3.05, 3.63) is 23.8 Å². The maximum atomic E-state index is 10.8. The molecule has 0 fully saturated rings. The summed E-state index contributed by atoms with van der Waals surface area (Å²) < 4.78 is 5.57. The van der Waals surface area contributed by atoms with Crippen molar-refractivity contribution >= 4 is 5.97 Å². The standard InChI is InChI=1S/C12H17NO4/c1-12(2,3)17-7-4-5-9(14)8(6-7)10(13)11(15)16/h4-6,10,14H,13H2,1-3H3,(H,15,16)/t10-/m0/s1. The van der Waals surface area contributed by atoms with E-state index in [1.165, 1.54) is 12.1 Å². The van der Waals surface area contributed by atoms with Crippen LogP contribution in [0.25, 0.3) is 0 Å². The number of nitrogens with two attached hydrogens (primary N) is 1. The Morgan fingerprint density at radius 2 is 2.00 bits per heavy atom. The summed E-state index contributed by atoms with van der Waals surface area (Å²) in [5.74, 6) is -0.878. The van der Waals surface area contributed by atoms with Crippen molar-refractivity contribution in [3.63, 3.8) is 0 Å². The molecular formula is C12H17NO4. The molecule has 5 heteroatoms. The van der Waals surface area contributed by atoms with E-state index in [0.29, 0.717) is 5.75 Å². The molecule has 1 aromatic carbocycles. The smallest absolute Gasteiger partial charge is 0.325 e. The molecule has 94 valence electrons. The Morgan fingerprint density at radius 1 is 1.41 bits per heavy atom. The average molecular weight is 239 g/mol. The average Bonchev–Trinajstić information content (AvgIpc) is 2.17. The Bertz CT molecular complexity index is 423. The number of benzene rings is 1. The third-order valence-electron chi connectivity index (χ3n) is 2.02. The molecule has 0 saturated heterocycles. The van der Waals surface area contributed by atoms with Crippen LogP contribution in [0.5, 0.6) is 11.5 Å². The number of aromatic hydroxyl groups is 1. The van der Waals surface area contributed by atoms with Crippen molar-refractivity contribution in [1.82, 2.24) is 0 Å². The van der Waals surface area contributed by atoms with E-state index in [0.717, 1.165) is 0 Å². The summed E-state index contributed by atoms with van der Waals surface area (Å²) in [6.45, 7) is 5.62. The van der Waals surface area contributed by atoms with E-state index in [1.807, 2.05) is 20.8 Å². The van der Waals surface area contributed by atoms with Crippen LogP contribution in [0.3, 0.4) is 0 Å². The molecule has 0 spiro atoms. The molecule has 0 aliphatic rings. The molecule has 0 aliphatic heterocycles. The van der Waals surface area contributed by atoms with Gasteiger partial charge in [-0.25, -0.2) is 0 Å². The third-order valence-corrected chi connectivity index (χ3v) is 2.02. The fraction of sp³-hybridized carbons (Fsp3) is 0.417. The number of hydrogen-bond acceptors (Lipinski definition) is 4. The molecule has 0 heterocycles. The summed E-state index contributed by atoms with van der Waals surface area (Å²) in [6.07, 6.45) is 0. The van der Waals surface area contributed by atoms with E-state index in [1.54, 1.807) is 6.07 Å². The zero-order valence-electron chi connectivity index (χ0n) is 10.1. The molecule has 4 N–H and O–H groups in total. The van der Waals surface area contributed by atoms with Crippen LogP contribution >= 0.6 is 0 Å². The van der Waals surface area contributed by atoms with Gasteiger partial charge in [0.2, 0.25) is 0 Å². The van der Waals surface area contributed by atoms with Gasteiger partial charge in [0.25, 0.3) is 0 Å². The van der Waals surface area contributed by atoms with Crippen LogP contribution in [-0.4, -0.2) is 21.8 Å². The van der Waals surface area contributed by atoms with Crippen molar-refractivity contribution in [2.45, 2.75) is 32.4 Å². The zero-order valence-corrected chi connectivity index (χ0v) is 10.1. The molecule has 0 amide bonds. The third kappa shape index (κ3) is 3.64. The number of carboxylic acid groups (broad SMARTS) is 1. The Kier molecular flexibility index (Phi) is 3.63. The predicted molar refractivity (Wildman–Crippen MR) is 63.1 cm³/mol. The lowest BCUT2D eigenvalue weighted by Crippen LogP contribution is -2.24. The van der Waals surface area contributed by atoms with Crippen molar-refractivity contribution < 1.29 is 19.7 Å². The van der Waals surface area contributed by atoms with E-state index in [2.05, 4.69) is 0 Å². The predicted octanol–water partition coefficient (Wildman–Crippen LogP) is 1.65. The summed E-state index contributed by atoms with van der Waals surface area (Å²) in [4.78, 5) is 10.8. The number of carbonyl (C=O) groups is 1. The highest BCUT2D eigenvalue weighted by molar-refractivity contribution is 5.76. The lowest BCUT2D eigenvalue weighted by atomic mass is 10.1. The molecule has 1 atom stereocenters. The Balaban J connectivity index is 3.06. The lowest BCUT2D eigenvalue weighted by Gasteiger charge is -2.22. The molecule has 1 rings (SSSR count). The molecule has 0 aromatic heterocycles. The molecule has 0 unspecified atom stereocenters. The van der Waals surface area contributed by atoms with Gasteiger partial charge >= 0.3 is 5.97 Å². The first-order valence-electron chi connectivity index (χ1n) is 5.21. The summed E-state index contributed by atoms with van der Waals surface area (Å²) >= 11 is 0. The maximum Gasteiger partial charge on any atom is 0.325 e. The fourth-order valence-electron chi connectivity index (χ4n) is 1.33.